The van der Waals surface area contributed by atoms with Crippen LogP contribution in [0.5, 0.6) is 0 Å². The lowest BCUT2D eigenvalue weighted by atomic mass is 10.1. The molecule has 0 aliphatic rings. The molecule has 0 unspecified atom stereocenters. The van der Waals surface area contributed by atoms with Crippen LogP contribution in [0.2, 0.25) is 10.2 Å². The summed E-state index contributed by atoms with van der Waals surface area (Å²) in [5.41, 5.74) is 7.33. The van der Waals surface area contributed by atoms with Gasteiger partial charge >= 0.3 is 0 Å². The minimum absolute atomic E-state index is 0.244. The molecule has 1 aromatic heterocycles. The SMILES string of the molecule is Nc1ccnc(Cl)c1-c1ccc(F)cc1Cl. The highest BCUT2D eigenvalue weighted by molar-refractivity contribution is 6.36. The van der Waals surface area contributed by atoms with E-state index in [2.05, 4.69) is 4.98 Å². The van der Waals surface area contributed by atoms with Crippen LogP contribution in [0.15, 0.2) is 30.5 Å². The van der Waals surface area contributed by atoms with Gasteiger partial charge in [-0.3, -0.25) is 0 Å². The number of halogens is 3. The van der Waals surface area contributed by atoms with Crippen LogP contribution in [0.3, 0.4) is 0 Å². The molecule has 0 amide bonds. The fourth-order valence-electron chi connectivity index (χ4n) is 1.41. The van der Waals surface area contributed by atoms with E-state index in [9.17, 15) is 4.39 Å². The average molecular weight is 257 g/mol. The number of hydrogen-bond donors (Lipinski definition) is 1. The van der Waals surface area contributed by atoms with E-state index in [1.807, 2.05) is 0 Å². The Morgan fingerprint density at radius 1 is 1.19 bits per heavy atom. The molecule has 2 aromatic rings. The Balaban J connectivity index is 2.68. The number of nitrogens with zero attached hydrogens (tertiary/aromatic N) is 1. The van der Waals surface area contributed by atoms with Crippen molar-refractivity contribution in [2.45, 2.75) is 0 Å². The first-order valence-electron chi connectivity index (χ1n) is 4.45. The second-order valence-corrected chi connectivity index (χ2v) is 3.96. The van der Waals surface area contributed by atoms with E-state index in [0.29, 0.717) is 16.8 Å². The first kappa shape index (κ1) is 11.2. The summed E-state index contributed by atoms with van der Waals surface area (Å²) < 4.78 is 12.9. The lowest BCUT2D eigenvalue weighted by Gasteiger charge is -2.08. The Kier molecular flexibility index (Phi) is 2.99. The van der Waals surface area contributed by atoms with Crippen molar-refractivity contribution in [3.63, 3.8) is 0 Å². The zero-order valence-electron chi connectivity index (χ0n) is 8.05. The Hall–Kier alpha value is -1.32. The second-order valence-electron chi connectivity index (χ2n) is 3.19. The predicted molar refractivity (Wildman–Crippen MR) is 64.1 cm³/mol. The third-order valence-electron chi connectivity index (χ3n) is 2.14. The van der Waals surface area contributed by atoms with E-state index in [1.54, 1.807) is 6.07 Å². The van der Waals surface area contributed by atoms with Gasteiger partial charge in [0.15, 0.2) is 0 Å². The molecule has 1 heterocycles. The number of anilines is 1. The van der Waals surface area contributed by atoms with Crippen LogP contribution in [0.25, 0.3) is 11.1 Å². The quantitative estimate of drug-likeness (QED) is 0.789. The normalized spacial score (nSPS) is 10.4. The van der Waals surface area contributed by atoms with Gasteiger partial charge in [-0.1, -0.05) is 23.2 Å². The van der Waals surface area contributed by atoms with Crippen LogP contribution in [0.4, 0.5) is 10.1 Å². The molecule has 0 spiro atoms. The first-order chi connectivity index (χ1) is 7.59. The molecule has 2 N–H and O–H groups in total. The van der Waals surface area contributed by atoms with E-state index >= 15 is 0 Å². The van der Waals surface area contributed by atoms with Gasteiger partial charge < -0.3 is 5.73 Å². The minimum Gasteiger partial charge on any atom is -0.398 e. The highest BCUT2D eigenvalue weighted by Gasteiger charge is 2.12. The average Bonchev–Trinajstić information content (AvgIpc) is 2.20. The fourth-order valence-corrected chi connectivity index (χ4v) is 1.94. The van der Waals surface area contributed by atoms with Gasteiger partial charge in [-0.05, 0) is 24.3 Å². The first-order valence-corrected chi connectivity index (χ1v) is 5.20. The number of nitrogen functional groups attached to an aromatic ring is 1. The van der Waals surface area contributed by atoms with Gasteiger partial charge in [0.2, 0.25) is 0 Å². The molecular weight excluding hydrogens is 250 g/mol. The lowest BCUT2D eigenvalue weighted by Crippen LogP contribution is -1.93. The highest BCUT2D eigenvalue weighted by atomic mass is 35.5. The molecule has 0 aliphatic heterocycles. The number of pyridine rings is 1. The summed E-state index contributed by atoms with van der Waals surface area (Å²) in [5.74, 6) is -0.410. The van der Waals surface area contributed by atoms with Crippen LogP contribution in [-0.4, -0.2) is 4.98 Å². The summed E-state index contributed by atoms with van der Waals surface area (Å²) in [6.45, 7) is 0. The second kappa shape index (κ2) is 4.28. The zero-order valence-corrected chi connectivity index (χ0v) is 9.56. The van der Waals surface area contributed by atoms with Gasteiger partial charge in [0.05, 0.1) is 5.02 Å². The monoisotopic (exact) mass is 256 g/mol. The van der Waals surface area contributed by atoms with Crippen LogP contribution in [0.1, 0.15) is 0 Å². The molecule has 0 fully saturated rings. The summed E-state index contributed by atoms with van der Waals surface area (Å²) in [6.07, 6.45) is 1.50. The maximum atomic E-state index is 12.9. The van der Waals surface area contributed by atoms with Gasteiger partial charge in [0.25, 0.3) is 0 Å². The van der Waals surface area contributed by atoms with Crippen molar-refractivity contribution in [2.24, 2.45) is 0 Å². The highest BCUT2D eigenvalue weighted by Crippen LogP contribution is 2.36. The van der Waals surface area contributed by atoms with Crippen LogP contribution >= 0.6 is 23.2 Å². The van der Waals surface area contributed by atoms with Gasteiger partial charge in [-0.2, -0.15) is 0 Å². The van der Waals surface area contributed by atoms with Crippen molar-refractivity contribution in [1.82, 2.24) is 4.98 Å². The molecule has 2 rings (SSSR count). The van der Waals surface area contributed by atoms with Gasteiger partial charge in [0.1, 0.15) is 11.0 Å². The molecule has 0 radical (unpaired) electrons. The summed E-state index contributed by atoms with van der Waals surface area (Å²) in [4.78, 5) is 3.91. The molecule has 2 nitrogen and oxygen atoms in total. The summed E-state index contributed by atoms with van der Waals surface area (Å²) >= 11 is 11.9. The molecule has 82 valence electrons. The van der Waals surface area contributed by atoms with E-state index in [4.69, 9.17) is 28.9 Å². The number of aromatic nitrogens is 1. The zero-order chi connectivity index (χ0) is 11.7. The molecule has 0 atom stereocenters. The van der Waals surface area contributed by atoms with Crippen molar-refractivity contribution >= 4 is 28.9 Å². The summed E-state index contributed by atoms with van der Waals surface area (Å²) in [7, 11) is 0. The van der Waals surface area contributed by atoms with Crippen molar-refractivity contribution in [3.8, 4) is 11.1 Å². The van der Waals surface area contributed by atoms with Crippen LogP contribution < -0.4 is 5.73 Å². The molecular formula is C11H7Cl2FN2. The summed E-state index contributed by atoms with van der Waals surface area (Å²) in [5, 5.41) is 0.495. The van der Waals surface area contributed by atoms with E-state index in [0.717, 1.165) is 0 Å². The Labute approximate surface area is 102 Å². The van der Waals surface area contributed by atoms with E-state index in [-0.39, 0.29) is 10.2 Å². The van der Waals surface area contributed by atoms with Crippen molar-refractivity contribution in [3.05, 3.63) is 46.5 Å². The van der Waals surface area contributed by atoms with Gasteiger partial charge in [0, 0.05) is 23.0 Å². The van der Waals surface area contributed by atoms with Crippen molar-refractivity contribution < 1.29 is 4.39 Å². The van der Waals surface area contributed by atoms with Gasteiger partial charge in [-0.25, -0.2) is 9.37 Å². The topological polar surface area (TPSA) is 38.9 Å². The molecule has 1 aromatic carbocycles. The Morgan fingerprint density at radius 3 is 2.56 bits per heavy atom. The largest absolute Gasteiger partial charge is 0.398 e. The number of nitrogens with two attached hydrogens (primary N) is 1. The predicted octanol–water partition coefficient (Wildman–Crippen LogP) is 3.78. The molecule has 16 heavy (non-hydrogen) atoms. The fraction of sp³-hybridized carbons (Fsp3) is 0. The van der Waals surface area contributed by atoms with Crippen LogP contribution in [0, 0.1) is 5.82 Å². The van der Waals surface area contributed by atoms with Crippen LogP contribution in [-0.2, 0) is 0 Å². The number of benzene rings is 1. The Bertz CT molecular complexity index is 523. The van der Waals surface area contributed by atoms with E-state index in [1.165, 1.54) is 24.4 Å². The third-order valence-corrected chi connectivity index (χ3v) is 2.74. The Morgan fingerprint density at radius 2 is 1.94 bits per heavy atom. The third kappa shape index (κ3) is 1.96. The minimum atomic E-state index is -0.410. The van der Waals surface area contributed by atoms with E-state index < -0.39 is 5.82 Å². The number of hydrogen-bond acceptors (Lipinski definition) is 2. The number of rotatable bonds is 1. The standard InChI is InChI=1S/C11H7Cl2FN2/c12-8-5-6(14)1-2-7(8)10-9(15)3-4-16-11(10)13/h1-5H,(H2,15,16). The maximum absolute atomic E-state index is 12.9. The molecule has 0 saturated carbocycles. The van der Waals surface area contributed by atoms with Crippen molar-refractivity contribution in [1.29, 1.82) is 0 Å². The van der Waals surface area contributed by atoms with Gasteiger partial charge in [-0.15, -0.1) is 0 Å². The maximum Gasteiger partial charge on any atom is 0.138 e. The molecule has 5 heteroatoms. The molecule has 0 saturated heterocycles. The lowest BCUT2D eigenvalue weighted by molar-refractivity contribution is 0.628. The smallest absolute Gasteiger partial charge is 0.138 e. The molecule has 0 aliphatic carbocycles. The molecule has 0 bridgehead atoms. The summed E-state index contributed by atoms with van der Waals surface area (Å²) in [6, 6.07) is 5.64. The van der Waals surface area contributed by atoms with Crippen molar-refractivity contribution in [2.75, 3.05) is 5.73 Å².